The van der Waals surface area contributed by atoms with Crippen LogP contribution in [0.3, 0.4) is 0 Å². The second kappa shape index (κ2) is 6.97. The second-order valence-corrected chi connectivity index (χ2v) is 9.37. The molecule has 0 radical (unpaired) electrons. The maximum atomic E-state index is 13.1. The van der Waals surface area contributed by atoms with E-state index in [1.165, 1.54) is 10.2 Å². The van der Waals surface area contributed by atoms with Crippen LogP contribution in [0.5, 0.6) is 0 Å². The minimum atomic E-state index is -3.69. The average Bonchev–Trinajstić information content (AvgIpc) is 3.32. The minimum Gasteiger partial charge on any atom is -0.360 e. The predicted molar refractivity (Wildman–Crippen MR) is 119 cm³/mol. The molecule has 0 aliphatic rings. The van der Waals surface area contributed by atoms with Crippen molar-refractivity contribution in [2.24, 2.45) is 0 Å². The van der Waals surface area contributed by atoms with Gasteiger partial charge in [0.2, 0.25) is 15.3 Å². The third-order valence-corrected chi connectivity index (χ3v) is 6.83. The number of hydrogen-bond donors (Lipinski definition) is 1. The molecular weight excluding hydrogens is 420 g/mol. The van der Waals surface area contributed by atoms with Gasteiger partial charge in [0, 0.05) is 34.2 Å². The van der Waals surface area contributed by atoms with E-state index in [0.29, 0.717) is 16.6 Å². The summed E-state index contributed by atoms with van der Waals surface area (Å²) in [6, 6.07) is 16.9. The molecule has 150 valence electrons. The molecular formula is C22H17ClN4O2S. The summed E-state index contributed by atoms with van der Waals surface area (Å²) in [6.07, 6.45) is 3.37. The molecule has 0 amide bonds. The number of aromatic amines is 1. The molecule has 0 atom stereocenters. The number of aryl methyl sites for hydroxylation is 1. The summed E-state index contributed by atoms with van der Waals surface area (Å²) >= 11 is 6.22. The van der Waals surface area contributed by atoms with Crippen molar-refractivity contribution >= 4 is 43.6 Å². The van der Waals surface area contributed by atoms with Gasteiger partial charge in [-0.2, -0.15) is 4.98 Å². The summed E-state index contributed by atoms with van der Waals surface area (Å²) in [4.78, 5) is 11.9. The second-order valence-electron chi connectivity index (χ2n) is 7.18. The van der Waals surface area contributed by atoms with Crippen LogP contribution in [0.2, 0.25) is 5.28 Å². The van der Waals surface area contributed by atoms with Gasteiger partial charge in [0.1, 0.15) is 0 Å². The molecule has 30 heavy (non-hydrogen) atoms. The fourth-order valence-corrected chi connectivity index (χ4v) is 5.25. The monoisotopic (exact) mass is 436 g/mol. The van der Waals surface area contributed by atoms with E-state index in [1.807, 2.05) is 43.5 Å². The molecule has 1 N–H and O–H groups in total. The SMILES string of the molecule is Cc1ccc2[nH]cc(-c3nc(Cl)nc4c3ccn4S(=O)(=O)Cc3ccccc3)c2c1. The molecule has 3 aromatic heterocycles. The average molecular weight is 437 g/mol. The van der Waals surface area contributed by atoms with E-state index in [-0.39, 0.29) is 16.7 Å². The quantitative estimate of drug-likeness (QED) is 0.405. The van der Waals surface area contributed by atoms with Gasteiger partial charge in [-0.3, -0.25) is 0 Å². The molecule has 2 aromatic carbocycles. The highest BCUT2D eigenvalue weighted by Crippen LogP contribution is 2.34. The zero-order valence-corrected chi connectivity index (χ0v) is 17.6. The van der Waals surface area contributed by atoms with Crippen LogP contribution in [-0.2, 0) is 15.8 Å². The molecule has 3 heterocycles. The number of nitrogens with zero attached hydrogens (tertiary/aromatic N) is 3. The Morgan fingerprint density at radius 3 is 2.63 bits per heavy atom. The van der Waals surface area contributed by atoms with Gasteiger partial charge < -0.3 is 4.98 Å². The topological polar surface area (TPSA) is 80.6 Å². The number of aromatic nitrogens is 4. The lowest BCUT2D eigenvalue weighted by molar-refractivity contribution is 0.588. The van der Waals surface area contributed by atoms with Crippen LogP contribution in [-0.4, -0.2) is 27.3 Å². The number of fused-ring (bicyclic) bond motifs is 2. The van der Waals surface area contributed by atoms with Crippen LogP contribution in [0.1, 0.15) is 11.1 Å². The van der Waals surface area contributed by atoms with E-state index in [1.54, 1.807) is 18.2 Å². The van der Waals surface area contributed by atoms with E-state index in [4.69, 9.17) is 11.6 Å². The first-order valence-corrected chi connectivity index (χ1v) is 11.3. The Morgan fingerprint density at radius 1 is 1.03 bits per heavy atom. The van der Waals surface area contributed by atoms with Gasteiger partial charge >= 0.3 is 0 Å². The van der Waals surface area contributed by atoms with Crippen molar-refractivity contribution in [3.8, 4) is 11.3 Å². The highest BCUT2D eigenvalue weighted by molar-refractivity contribution is 7.89. The summed E-state index contributed by atoms with van der Waals surface area (Å²) in [5, 5.41) is 1.61. The first kappa shape index (κ1) is 18.8. The lowest BCUT2D eigenvalue weighted by atomic mass is 10.1. The predicted octanol–water partition coefficient (Wildman–Crippen LogP) is 4.92. The Morgan fingerprint density at radius 2 is 1.83 bits per heavy atom. The summed E-state index contributed by atoms with van der Waals surface area (Å²) < 4.78 is 27.4. The van der Waals surface area contributed by atoms with E-state index >= 15 is 0 Å². The normalized spacial score (nSPS) is 12.1. The third kappa shape index (κ3) is 3.16. The van der Waals surface area contributed by atoms with Crippen molar-refractivity contribution < 1.29 is 8.42 Å². The molecule has 0 spiro atoms. The van der Waals surface area contributed by atoms with Gasteiger partial charge in [-0.15, -0.1) is 0 Å². The van der Waals surface area contributed by atoms with E-state index < -0.39 is 10.0 Å². The van der Waals surface area contributed by atoms with Crippen LogP contribution < -0.4 is 0 Å². The smallest absolute Gasteiger partial charge is 0.244 e. The van der Waals surface area contributed by atoms with Gasteiger partial charge in [-0.05, 0) is 42.3 Å². The summed E-state index contributed by atoms with van der Waals surface area (Å²) in [6.45, 7) is 2.02. The number of H-pyrrole nitrogens is 1. The molecule has 0 unspecified atom stereocenters. The number of rotatable bonds is 4. The Kier molecular flexibility index (Phi) is 4.38. The lowest BCUT2D eigenvalue weighted by Crippen LogP contribution is -2.14. The Balaban J connectivity index is 1.70. The fourth-order valence-electron chi connectivity index (χ4n) is 3.68. The number of halogens is 1. The number of benzene rings is 2. The number of hydrogen-bond acceptors (Lipinski definition) is 4. The minimum absolute atomic E-state index is 0.00522. The Bertz CT molecular complexity index is 1500. The van der Waals surface area contributed by atoms with Crippen molar-refractivity contribution in [1.29, 1.82) is 0 Å². The van der Waals surface area contributed by atoms with Crippen LogP contribution >= 0.6 is 11.6 Å². The van der Waals surface area contributed by atoms with Crippen LogP contribution in [0.15, 0.2) is 67.0 Å². The number of nitrogens with one attached hydrogen (secondary N) is 1. The van der Waals surface area contributed by atoms with Gasteiger partial charge in [0.15, 0.2) is 5.65 Å². The molecule has 0 aliphatic carbocycles. The summed E-state index contributed by atoms with van der Waals surface area (Å²) in [5.74, 6) is -0.138. The molecule has 6 nitrogen and oxygen atoms in total. The highest BCUT2D eigenvalue weighted by Gasteiger charge is 2.22. The van der Waals surface area contributed by atoms with E-state index in [0.717, 1.165) is 22.0 Å². The van der Waals surface area contributed by atoms with Gasteiger partial charge in [0.05, 0.1) is 11.4 Å². The van der Waals surface area contributed by atoms with E-state index in [9.17, 15) is 8.42 Å². The molecule has 5 rings (SSSR count). The maximum absolute atomic E-state index is 13.1. The fraction of sp³-hybridized carbons (Fsp3) is 0.0909. The molecule has 5 aromatic rings. The lowest BCUT2D eigenvalue weighted by Gasteiger charge is -2.08. The van der Waals surface area contributed by atoms with Crippen LogP contribution in [0.25, 0.3) is 33.2 Å². The van der Waals surface area contributed by atoms with Crippen molar-refractivity contribution in [2.45, 2.75) is 12.7 Å². The summed E-state index contributed by atoms with van der Waals surface area (Å²) in [5.41, 5.74) is 4.49. The molecule has 0 saturated heterocycles. The van der Waals surface area contributed by atoms with Gasteiger partial charge in [-0.1, -0.05) is 42.0 Å². The molecule has 0 saturated carbocycles. The third-order valence-electron chi connectivity index (χ3n) is 5.07. The van der Waals surface area contributed by atoms with Crippen LogP contribution in [0.4, 0.5) is 0 Å². The largest absolute Gasteiger partial charge is 0.360 e. The van der Waals surface area contributed by atoms with Crippen molar-refractivity contribution in [3.63, 3.8) is 0 Å². The molecule has 0 fully saturated rings. The Hall–Kier alpha value is -3.16. The first-order valence-electron chi connectivity index (χ1n) is 9.32. The highest BCUT2D eigenvalue weighted by atomic mass is 35.5. The van der Waals surface area contributed by atoms with Crippen molar-refractivity contribution in [3.05, 3.63) is 83.4 Å². The zero-order valence-electron chi connectivity index (χ0n) is 16.0. The zero-order chi connectivity index (χ0) is 20.9. The molecule has 0 bridgehead atoms. The summed E-state index contributed by atoms with van der Waals surface area (Å²) in [7, 11) is -3.69. The maximum Gasteiger partial charge on any atom is 0.244 e. The van der Waals surface area contributed by atoms with Crippen LogP contribution in [0, 0.1) is 6.92 Å². The molecule has 8 heteroatoms. The van der Waals surface area contributed by atoms with Crippen molar-refractivity contribution in [1.82, 2.24) is 18.9 Å². The van der Waals surface area contributed by atoms with Gasteiger partial charge in [-0.25, -0.2) is 17.4 Å². The standard InChI is InChI=1S/C22H17ClN4O2S/c1-14-7-8-19-17(11-14)18(12-24-19)20-16-9-10-27(21(16)26-22(23)25-20)30(28,29)13-15-5-3-2-4-6-15/h2-12,24H,13H2,1H3. The van der Waals surface area contributed by atoms with Gasteiger partial charge in [0.25, 0.3) is 0 Å². The van der Waals surface area contributed by atoms with E-state index in [2.05, 4.69) is 21.0 Å². The van der Waals surface area contributed by atoms with Crippen molar-refractivity contribution in [2.75, 3.05) is 0 Å². The first-order chi connectivity index (χ1) is 14.4. The molecule has 0 aliphatic heterocycles. The Labute approximate surface area is 178 Å².